The molecular formula is C8H14N2O. The Hall–Kier alpha value is -0.570. The Morgan fingerprint density at radius 1 is 1.36 bits per heavy atom. The van der Waals surface area contributed by atoms with Gasteiger partial charge in [0.1, 0.15) is 0 Å². The van der Waals surface area contributed by atoms with E-state index in [2.05, 4.69) is 10.2 Å². The van der Waals surface area contributed by atoms with E-state index < -0.39 is 0 Å². The van der Waals surface area contributed by atoms with Crippen molar-refractivity contribution in [1.29, 1.82) is 0 Å². The Bertz CT molecular complexity index is 152. The first-order valence-corrected chi connectivity index (χ1v) is 4.32. The fourth-order valence-electron chi connectivity index (χ4n) is 2.24. The lowest BCUT2D eigenvalue weighted by Crippen LogP contribution is -2.55. The van der Waals surface area contributed by atoms with Crippen molar-refractivity contribution in [3.63, 3.8) is 0 Å². The highest BCUT2D eigenvalue weighted by Crippen LogP contribution is 2.26. The second-order valence-electron chi connectivity index (χ2n) is 3.53. The highest BCUT2D eigenvalue weighted by Gasteiger charge is 2.33. The molecule has 0 spiro atoms. The molecule has 3 aliphatic heterocycles. The number of carbonyl (C=O) groups excluding carboxylic acids is 1. The lowest BCUT2D eigenvalue weighted by molar-refractivity contribution is -0.111. The van der Waals surface area contributed by atoms with E-state index in [0.29, 0.717) is 6.04 Å². The fraction of sp³-hybridized carbons (Fsp3) is 0.875. The zero-order valence-electron chi connectivity index (χ0n) is 6.62. The van der Waals surface area contributed by atoms with Crippen molar-refractivity contribution < 1.29 is 4.79 Å². The topological polar surface area (TPSA) is 32.3 Å². The lowest BCUT2D eigenvalue weighted by atomic mass is 9.84. The first-order valence-electron chi connectivity index (χ1n) is 4.32. The molecule has 0 aromatic heterocycles. The zero-order valence-corrected chi connectivity index (χ0v) is 6.62. The highest BCUT2D eigenvalue weighted by atomic mass is 16.1. The fourth-order valence-corrected chi connectivity index (χ4v) is 2.24. The van der Waals surface area contributed by atoms with Gasteiger partial charge in [-0.15, -0.1) is 0 Å². The Morgan fingerprint density at radius 2 is 2.09 bits per heavy atom. The average molecular weight is 154 g/mol. The molecule has 3 heteroatoms. The van der Waals surface area contributed by atoms with Crippen LogP contribution in [0.2, 0.25) is 0 Å². The first-order chi connectivity index (χ1) is 5.40. The Balaban J connectivity index is 1.97. The molecule has 0 unspecified atom stereocenters. The number of carbonyl (C=O) groups is 1. The van der Waals surface area contributed by atoms with E-state index in [1.807, 2.05) is 0 Å². The molecule has 0 aromatic rings. The van der Waals surface area contributed by atoms with Crippen LogP contribution < -0.4 is 5.32 Å². The molecule has 0 radical (unpaired) electrons. The van der Waals surface area contributed by atoms with Crippen LogP contribution in [0.5, 0.6) is 0 Å². The quantitative estimate of drug-likeness (QED) is 0.560. The number of fused-ring (bicyclic) bond motifs is 3. The van der Waals surface area contributed by atoms with Crippen molar-refractivity contribution in [1.82, 2.24) is 10.2 Å². The molecule has 62 valence electrons. The van der Waals surface area contributed by atoms with Gasteiger partial charge in [0.2, 0.25) is 6.41 Å². The SMILES string of the molecule is O=CN[C@H]1CN2CCC1CC2. The molecule has 11 heavy (non-hydrogen) atoms. The summed E-state index contributed by atoms with van der Waals surface area (Å²) >= 11 is 0. The number of rotatable bonds is 2. The average Bonchev–Trinajstić information content (AvgIpc) is 2.07. The summed E-state index contributed by atoms with van der Waals surface area (Å²) in [5, 5.41) is 2.89. The minimum absolute atomic E-state index is 0.440. The second kappa shape index (κ2) is 2.81. The highest BCUT2D eigenvalue weighted by molar-refractivity contribution is 5.46. The third-order valence-electron chi connectivity index (χ3n) is 2.94. The molecule has 0 saturated carbocycles. The molecule has 3 fully saturated rings. The molecule has 1 atom stereocenters. The summed E-state index contributed by atoms with van der Waals surface area (Å²) in [6.07, 6.45) is 3.38. The number of amides is 1. The van der Waals surface area contributed by atoms with Gasteiger partial charge in [0, 0.05) is 12.6 Å². The van der Waals surface area contributed by atoms with Crippen LogP contribution in [0.3, 0.4) is 0 Å². The predicted molar refractivity (Wildman–Crippen MR) is 42.2 cm³/mol. The van der Waals surface area contributed by atoms with Crippen molar-refractivity contribution in [3.05, 3.63) is 0 Å². The van der Waals surface area contributed by atoms with Crippen LogP contribution in [0.1, 0.15) is 12.8 Å². The third-order valence-corrected chi connectivity index (χ3v) is 2.94. The summed E-state index contributed by atoms with van der Waals surface area (Å²) in [7, 11) is 0. The van der Waals surface area contributed by atoms with Gasteiger partial charge in [-0.2, -0.15) is 0 Å². The summed E-state index contributed by atoms with van der Waals surface area (Å²) in [6.45, 7) is 3.55. The molecule has 3 saturated heterocycles. The van der Waals surface area contributed by atoms with Crippen molar-refractivity contribution >= 4 is 6.41 Å². The summed E-state index contributed by atoms with van der Waals surface area (Å²) in [5.74, 6) is 0.755. The molecule has 3 rings (SSSR count). The van der Waals surface area contributed by atoms with Crippen LogP contribution in [0.25, 0.3) is 0 Å². The van der Waals surface area contributed by atoms with E-state index in [-0.39, 0.29) is 0 Å². The van der Waals surface area contributed by atoms with E-state index in [1.54, 1.807) is 0 Å². The van der Waals surface area contributed by atoms with Crippen LogP contribution in [-0.4, -0.2) is 37.0 Å². The Labute approximate surface area is 66.8 Å². The van der Waals surface area contributed by atoms with Crippen LogP contribution >= 0.6 is 0 Å². The van der Waals surface area contributed by atoms with Crippen LogP contribution in [0.15, 0.2) is 0 Å². The van der Waals surface area contributed by atoms with Crippen LogP contribution in [0.4, 0.5) is 0 Å². The summed E-state index contributed by atoms with van der Waals surface area (Å²) in [6, 6.07) is 0.440. The largest absolute Gasteiger partial charge is 0.354 e. The van der Waals surface area contributed by atoms with Crippen molar-refractivity contribution in [2.75, 3.05) is 19.6 Å². The van der Waals surface area contributed by atoms with Crippen molar-refractivity contribution in [2.45, 2.75) is 18.9 Å². The summed E-state index contributed by atoms with van der Waals surface area (Å²) < 4.78 is 0. The number of hydrogen-bond acceptors (Lipinski definition) is 2. The molecule has 2 bridgehead atoms. The zero-order chi connectivity index (χ0) is 7.68. The molecular weight excluding hydrogens is 140 g/mol. The molecule has 0 aliphatic carbocycles. The maximum absolute atomic E-state index is 10.2. The summed E-state index contributed by atoms with van der Waals surface area (Å²) in [5.41, 5.74) is 0. The van der Waals surface area contributed by atoms with E-state index in [4.69, 9.17) is 0 Å². The normalized spacial score (nSPS) is 42.0. The number of hydrogen-bond donors (Lipinski definition) is 1. The smallest absolute Gasteiger partial charge is 0.207 e. The molecule has 3 heterocycles. The lowest BCUT2D eigenvalue weighted by Gasteiger charge is -2.44. The van der Waals surface area contributed by atoms with Crippen molar-refractivity contribution in [2.24, 2.45) is 5.92 Å². The van der Waals surface area contributed by atoms with Gasteiger partial charge in [0.05, 0.1) is 0 Å². The van der Waals surface area contributed by atoms with Gasteiger partial charge in [-0.05, 0) is 31.8 Å². The van der Waals surface area contributed by atoms with Crippen LogP contribution in [0, 0.1) is 5.92 Å². The van der Waals surface area contributed by atoms with Gasteiger partial charge in [0.15, 0.2) is 0 Å². The van der Waals surface area contributed by atoms with Gasteiger partial charge in [-0.1, -0.05) is 0 Å². The van der Waals surface area contributed by atoms with Gasteiger partial charge in [-0.3, -0.25) is 4.79 Å². The van der Waals surface area contributed by atoms with E-state index >= 15 is 0 Å². The first kappa shape index (κ1) is 7.10. The van der Waals surface area contributed by atoms with E-state index in [9.17, 15) is 4.79 Å². The monoisotopic (exact) mass is 154 g/mol. The van der Waals surface area contributed by atoms with Crippen LogP contribution in [-0.2, 0) is 4.79 Å². The summed E-state index contributed by atoms with van der Waals surface area (Å²) in [4.78, 5) is 12.7. The predicted octanol–water partition coefficient (Wildman–Crippen LogP) is -0.173. The minimum Gasteiger partial charge on any atom is -0.354 e. The number of nitrogens with one attached hydrogen (secondary N) is 1. The maximum Gasteiger partial charge on any atom is 0.207 e. The Kier molecular flexibility index (Phi) is 1.82. The van der Waals surface area contributed by atoms with Crippen molar-refractivity contribution in [3.8, 4) is 0 Å². The standard InChI is InChI=1S/C8H14N2O/c11-6-9-8-5-10-3-1-7(8)2-4-10/h6-8H,1-5H2,(H,9,11)/t8-/m0/s1. The van der Waals surface area contributed by atoms with E-state index in [0.717, 1.165) is 18.9 Å². The van der Waals surface area contributed by atoms with Gasteiger partial charge in [-0.25, -0.2) is 0 Å². The molecule has 3 nitrogen and oxygen atoms in total. The molecule has 0 aromatic carbocycles. The second-order valence-corrected chi connectivity index (χ2v) is 3.53. The van der Waals surface area contributed by atoms with Gasteiger partial charge < -0.3 is 10.2 Å². The van der Waals surface area contributed by atoms with Gasteiger partial charge >= 0.3 is 0 Å². The van der Waals surface area contributed by atoms with Gasteiger partial charge in [0.25, 0.3) is 0 Å². The maximum atomic E-state index is 10.2. The van der Waals surface area contributed by atoms with E-state index in [1.165, 1.54) is 25.9 Å². The Morgan fingerprint density at radius 3 is 2.55 bits per heavy atom. The number of piperidine rings is 3. The molecule has 1 amide bonds. The molecule has 3 aliphatic rings. The third kappa shape index (κ3) is 1.25. The molecule has 1 N–H and O–H groups in total. The number of nitrogens with zero attached hydrogens (tertiary/aromatic N) is 1. The minimum atomic E-state index is 0.440.